The van der Waals surface area contributed by atoms with Gasteiger partial charge in [-0.15, -0.1) is 0 Å². The van der Waals surface area contributed by atoms with E-state index < -0.39 is 0 Å². The molecule has 1 aliphatic heterocycles. The van der Waals surface area contributed by atoms with E-state index in [1.807, 2.05) is 18.9 Å². The Balaban J connectivity index is 1.93. The predicted octanol–water partition coefficient (Wildman–Crippen LogP) is 1.50. The van der Waals surface area contributed by atoms with Gasteiger partial charge in [-0.3, -0.25) is 4.79 Å². The summed E-state index contributed by atoms with van der Waals surface area (Å²) < 4.78 is 5.75. The summed E-state index contributed by atoms with van der Waals surface area (Å²) in [6.45, 7) is 11.2. The smallest absolute Gasteiger partial charge is 0.225 e. The molecule has 4 heteroatoms. The fourth-order valence-electron chi connectivity index (χ4n) is 3.35. The van der Waals surface area contributed by atoms with Crippen molar-refractivity contribution in [1.82, 2.24) is 10.2 Å². The number of ether oxygens (including phenoxy) is 1. The van der Waals surface area contributed by atoms with Crippen LogP contribution >= 0.6 is 0 Å². The van der Waals surface area contributed by atoms with Crippen LogP contribution in [-0.4, -0.2) is 49.7 Å². The highest BCUT2D eigenvalue weighted by atomic mass is 16.5. The number of nitrogens with zero attached hydrogens (tertiary/aromatic N) is 1. The van der Waals surface area contributed by atoms with Crippen LogP contribution < -0.4 is 5.32 Å². The average molecular weight is 268 g/mol. The monoisotopic (exact) mass is 268 g/mol. The van der Waals surface area contributed by atoms with Crippen LogP contribution in [0.1, 0.15) is 34.1 Å². The van der Waals surface area contributed by atoms with Crippen LogP contribution in [0, 0.1) is 17.3 Å². The van der Waals surface area contributed by atoms with E-state index in [0.29, 0.717) is 24.0 Å². The molecule has 0 aromatic carbocycles. The summed E-state index contributed by atoms with van der Waals surface area (Å²) in [5.41, 5.74) is 0.0675. The van der Waals surface area contributed by atoms with Crippen LogP contribution in [-0.2, 0) is 9.53 Å². The van der Waals surface area contributed by atoms with Gasteiger partial charge in [-0.25, -0.2) is 0 Å². The Labute approximate surface area is 116 Å². The number of carbonyl (C=O) groups excluding carboxylic acids is 1. The van der Waals surface area contributed by atoms with E-state index in [1.165, 1.54) is 0 Å². The lowest BCUT2D eigenvalue weighted by Gasteiger charge is -2.55. The van der Waals surface area contributed by atoms with Gasteiger partial charge in [0, 0.05) is 31.0 Å². The van der Waals surface area contributed by atoms with Gasteiger partial charge >= 0.3 is 0 Å². The maximum absolute atomic E-state index is 12.5. The first-order chi connectivity index (χ1) is 8.89. The number of hydrogen-bond acceptors (Lipinski definition) is 3. The first kappa shape index (κ1) is 14.8. The summed E-state index contributed by atoms with van der Waals surface area (Å²) in [6.07, 6.45) is 1.26. The Morgan fingerprint density at radius 3 is 2.53 bits per heavy atom. The zero-order valence-electron chi connectivity index (χ0n) is 12.9. The molecule has 0 aromatic heterocycles. The van der Waals surface area contributed by atoms with Gasteiger partial charge in [0.2, 0.25) is 5.91 Å². The predicted molar refractivity (Wildman–Crippen MR) is 75.9 cm³/mol. The number of rotatable bonds is 5. The van der Waals surface area contributed by atoms with Crippen molar-refractivity contribution in [2.75, 3.05) is 26.7 Å². The molecule has 0 radical (unpaired) electrons. The lowest BCUT2D eigenvalue weighted by Crippen LogP contribution is -2.63. The summed E-state index contributed by atoms with van der Waals surface area (Å²) >= 11 is 0. The standard InChI is InChI=1S/C15H28N2O2/c1-6-19-13-7-12(15(13,3)4)17(5)14(18)10(2)11-8-16-9-11/h10-13,16H,6-9H2,1-5H3. The van der Waals surface area contributed by atoms with Gasteiger partial charge in [0.15, 0.2) is 0 Å². The topological polar surface area (TPSA) is 41.6 Å². The van der Waals surface area contributed by atoms with Gasteiger partial charge in [0.05, 0.1) is 6.10 Å². The number of amides is 1. The van der Waals surface area contributed by atoms with Crippen LogP contribution in [0.3, 0.4) is 0 Å². The molecule has 0 bridgehead atoms. The second-order valence-electron chi connectivity index (χ2n) is 6.67. The quantitative estimate of drug-likeness (QED) is 0.821. The normalized spacial score (nSPS) is 31.2. The van der Waals surface area contributed by atoms with Crippen LogP contribution in [0.5, 0.6) is 0 Å². The van der Waals surface area contributed by atoms with Crippen molar-refractivity contribution in [2.45, 2.75) is 46.3 Å². The van der Waals surface area contributed by atoms with E-state index in [0.717, 1.165) is 26.1 Å². The molecule has 1 aliphatic carbocycles. The van der Waals surface area contributed by atoms with E-state index in [4.69, 9.17) is 4.74 Å². The fraction of sp³-hybridized carbons (Fsp3) is 0.933. The van der Waals surface area contributed by atoms with E-state index in [-0.39, 0.29) is 11.3 Å². The molecule has 3 unspecified atom stereocenters. The van der Waals surface area contributed by atoms with Gasteiger partial charge in [0.1, 0.15) is 0 Å². The van der Waals surface area contributed by atoms with Gasteiger partial charge < -0.3 is 15.0 Å². The molecule has 2 aliphatic rings. The lowest BCUT2D eigenvalue weighted by molar-refractivity contribution is -0.167. The highest BCUT2D eigenvalue weighted by molar-refractivity contribution is 5.79. The summed E-state index contributed by atoms with van der Waals surface area (Å²) in [7, 11) is 1.96. The molecule has 1 amide bonds. The number of hydrogen-bond donors (Lipinski definition) is 1. The summed E-state index contributed by atoms with van der Waals surface area (Å²) in [4.78, 5) is 14.5. The highest BCUT2D eigenvalue weighted by Gasteiger charge is 2.52. The van der Waals surface area contributed by atoms with Crippen molar-refractivity contribution in [3.05, 3.63) is 0 Å². The summed E-state index contributed by atoms with van der Waals surface area (Å²) in [6, 6.07) is 0.312. The third-order valence-corrected chi connectivity index (χ3v) is 5.22. The zero-order valence-corrected chi connectivity index (χ0v) is 12.9. The van der Waals surface area contributed by atoms with E-state index >= 15 is 0 Å². The van der Waals surface area contributed by atoms with Crippen LogP contribution in [0.25, 0.3) is 0 Å². The van der Waals surface area contributed by atoms with Gasteiger partial charge in [-0.05, 0) is 32.4 Å². The number of nitrogens with one attached hydrogen (secondary N) is 1. The number of carbonyl (C=O) groups is 1. The molecule has 0 spiro atoms. The molecule has 19 heavy (non-hydrogen) atoms. The maximum Gasteiger partial charge on any atom is 0.225 e. The van der Waals surface area contributed by atoms with Crippen molar-refractivity contribution in [3.63, 3.8) is 0 Å². The molecule has 1 heterocycles. The molecular formula is C15H28N2O2. The third-order valence-electron chi connectivity index (χ3n) is 5.22. The summed E-state index contributed by atoms with van der Waals surface area (Å²) in [5.74, 6) is 0.938. The van der Waals surface area contributed by atoms with E-state index in [9.17, 15) is 4.79 Å². The fourth-order valence-corrected chi connectivity index (χ4v) is 3.35. The largest absolute Gasteiger partial charge is 0.378 e. The van der Waals surface area contributed by atoms with Crippen LogP contribution in [0.2, 0.25) is 0 Å². The Bertz CT molecular complexity index is 339. The molecular weight excluding hydrogens is 240 g/mol. The molecule has 2 rings (SSSR count). The van der Waals surface area contributed by atoms with Crippen molar-refractivity contribution >= 4 is 5.91 Å². The van der Waals surface area contributed by atoms with Gasteiger partial charge in [-0.1, -0.05) is 20.8 Å². The minimum Gasteiger partial charge on any atom is -0.378 e. The molecule has 0 aromatic rings. The third kappa shape index (κ3) is 2.52. The Morgan fingerprint density at radius 2 is 2.11 bits per heavy atom. The SMILES string of the molecule is CCOC1CC(N(C)C(=O)C(C)C2CNC2)C1(C)C. The zero-order chi connectivity index (χ0) is 14.2. The molecule has 1 saturated heterocycles. The average Bonchev–Trinajstić information content (AvgIpc) is 2.30. The van der Waals surface area contributed by atoms with E-state index in [2.05, 4.69) is 26.1 Å². The molecule has 1 saturated carbocycles. The second kappa shape index (κ2) is 5.41. The first-order valence-electron chi connectivity index (χ1n) is 7.48. The molecule has 1 N–H and O–H groups in total. The Kier molecular flexibility index (Phi) is 4.21. The van der Waals surface area contributed by atoms with Gasteiger partial charge in [-0.2, -0.15) is 0 Å². The lowest BCUT2D eigenvalue weighted by atomic mass is 9.63. The Morgan fingerprint density at radius 1 is 1.47 bits per heavy atom. The molecule has 3 atom stereocenters. The minimum atomic E-state index is 0.0675. The van der Waals surface area contributed by atoms with Crippen LogP contribution in [0.4, 0.5) is 0 Å². The Hall–Kier alpha value is -0.610. The maximum atomic E-state index is 12.5. The van der Waals surface area contributed by atoms with Crippen LogP contribution in [0.15, 0.2) is 0 Å². The summed E-state index contributed by atoms with van der Waals surface area (Å²) in [5, 5.41) is 3.24. The van der Waals surface area contributed by atoms with Crippen molar-refractivity contribution in [1.29, 1.82) is 0 Å². The van der Waals surface area contributed by atoms with Crippen molar-refractivity contribution in [2.24, 2.45) is 17.3 Å². The highest BCUT2D eigenvalue weighted by Crippen LogP contribution is 2.45. The molecule has 110 valence electrons. The van der Waals surface area contributed by atoms with Gasteiger partial charge in [0.25, 0.3) is 0 Å². The second-order valence-corrected chi connectivity index (χ2v) is 6.67. The van der Waals surface area contributed by atoms with E-state index in [1.54, 1.807) is 0 Å². The first-order valence-corrected chi connectivity index (χ1v) is 7.48. The van der Waals surface area contributed by atoms with Crippen molar-refractivity contribution < 1.29 is 9.53 Å². The minimum absolute atomic E-state index is 0.0675. The molecule has 4 nitrogen and oxygen atoms in total. The van der Waals surface area contributed by atoms with Crippen molar-refractivity contribution in [3.8, 4) is 0 Å². The molecule has 2 fully saturated rings.